The van der Waals surface area contributed by atoms with Gasteiger partial charge in [0.15, 0.2) is 5.78 Å². The summed E-state index contributed by atoms with van der Waals surface area (Å²) in [6, 6.07) is 16.1. The Morgan fingerprint density at radius 2 is 1.49 bits per heavy atom. The molecule has 0 radical (unpaired) electrons. The lowest BCUT2D eigenvalue weighted by Crippen LogP contribution is -2.47. The zero-order valence-electron chi connectivity index (χ0n) is 18.9. The summed E-state index contributed by atoms with van der Waals surface area (Å²) in [5, 5.41) is 9.78. The largest absolute Gasteiger partial charge is 0.478 e. The predicted molar refractivity (Wildman–Crippen MR) is 131 cm³/mol. The first-order valence-corrected chi connectivity index (χ1v) is 12.4. The van der Waals surface area contributed by atoms with Gasteiger partial charge in [0.1, 0.15) is 5.82 Å². The lowest BCUT2D eigenvalue weighted by Gasteiger charge is -2.38. The molecule has 1 aliphatic rings. The zero-order valence-corrected chi connectivity index (χ0v) is 19.8. The molecule has 3 aromatic carbocycles. The Balaban J connectivity index is 1.49. The number of rotatable bonds is 7. The van der Waals surface area contributed by atoms with Crippen molar-refractivity contribution in [1.82, 2.24) is 0 Å². The van der Waals surface area contributed by atoms with Crippen LogP contribution in [0.4, 0.5) is 21.5 Å². The first-order valence-electron chi connectivity index (χ1n) is 10.9. The summed E-state index contributed by atoms with van der Waals surface area (Å²) in [4.78, 5) is 27.4. The minimum absolute atomic E-state index is 0.00553. The number of hydrogen-bond acceptors (Lipinski definition) is 6. The van der Waals surface area contributed by atoms with Crippen LogP contribution >= 0.6 is 0 Å². The molecule has 0 unspecified atom stereocenters. The van der Waals surface area contributed by atoms with E-state index < -0.39 is 21.8 Å². The third kappa shape index (κ3) is 5.43. The molecular weight excluding hydrogens is 473 g/mol. The van der Waals surface area contributed by atoms with Crippen molar-refractivity contribution in [2.24, 2.45) is 0 Å². The Bertz CT molecular complexity index is 1350. The third-order valence-corrected chi connectivity index (χ3v) is 7.26. The molecule has 182 valence electrons. The molecule has 1 saturated heterocycles. The van der Waals surface area contributed by atoms with E-state index in [0.717, 1.165) is 30.0 Å². The fourth-order valence-corrected chi connectivity index (χ4v) is 5.04. The molecular formula is C25H24FN3O5S. The predicted octanol–water partition coefficient (Wildman–Crippen LogP) is 3.85. The van der Waals surface area contributed by atoms with Crippen molar-refractivity contribution in [3.63, 3.8) is 0 Å². The average Bonchev–Trinajstić information content (AvgIpc) is 2.84. The van der Waals surface area contributed by atoms with Gasteiger partial charge >= 0.3 is 5.97 Å². The van der Waals surface area contributed by atoms with Gasteiger partial charge in [-0.3, -0.25) is 9.52 Å². The van der Waals surface area contributed by atoms with E-state index in [9.17, 15) is 27.5 Å². The number of nitrogens with one attached hydrogen (secondary N) is 1. The molecule has 1 aliphatic heterocycles. The van der Waals surface area contributed by atoms with Crippen LogP contribution in [0.25, 0.3) is 0 Å². The summed E-state index contributed by atoms with van der Waals surface area (Å²) in [5.74, 6) is -1.73. The second-order valence-corrected chi connectivity index (χ2v) is 9.86. The second-order valence-electron chi connectivity index (χ2n) is 8.17. The van der Waals surface area contributed by atoms with Gasteiger partial charge < -0.3 is 14.9 Å². The number of anilines is 3. The lowest BCUT2D eigenvalue weighted by atomic mass is 10.1. The van der Waals surface area contributed by atoms with Crippen LogP contribution in [0.5, 0.6) is 0 Å². The van der Waals surface area contributed by atoms with Crippen LogP contribution in [0, 0.1) is 5.82 Å². The van der Waals surface area contributed by atoms with Gasteiger partial charge in [0.05, 0.1) is 16.1 Å². The van der Waals surface area contributed by atoms with E-state index in [1.54, 1.807) is 18.2 Å². The zero-order chi connectivity index (χ0) is 25.2. The van der Waals surface area contributed by atoms with Crippen LogP contribution in [0.1, 0.15) is 27.6 Å². The van der Waals surface area contributed by atoms with E-state index in [1.807, 2.05) is 17.0 Å². The summed E-state index contributed by atoms with van der Waals surface area (Å²) in [6.07, 6.45) is 0. The maximum Gasteiger partial charge on any atom is 0.337 e. The standard InChI is InChI=1S/C25H24FN3O5S/c1-17(30)18-2-7-21(8-3-18)28-12-14-29(15-13-28)24-11-6-20(16-23(24)25(31)32)27-35(33,34)22-9-4-19(26)5-10-22/h2-11,16,27H,12-15H2,1H3,(H,31,32). The fraction of sp³-hybridized carbons (Fsp3) is 0.200. The number of hydrogen-bond donors (Lipinski definition) is 2. The molecule has 10 heteroatoms. The summed E-state index contributed by atoms with van der Waals surface area (Å²) < 4.78 is 40.7. The highest BCUT2D eigenvalue weighted by molar-refractivity contribution is 7.92. The monoisotopic (exact) mass is 497 g/mol. The highest BCUT2D eigenvalue weighted by atomic mass is 32.2. The Morgan fingerprint density at radius 3 is 2.06 bits per heavy atom. The molecule has 8 nitrogen and oxygen atoms in total. The van der Waals surface area contributed by atoms with Crippen molar-refractivity contribution in [3.8, 4) is 0 Å². The molecule has 0 saturated carbocycles. The Hall–Kier alpha value is -3.92. The number of carbonyl (C=O) groups is 2. The first kappa shape index (κ1) is 24.2. The van der Waals surface area contributed by atoms with Gasteiger partial charge in [0.2, 0.25) is 0 Å². The summed E-state index contributed by atoms with van der Waals surface area (Å²) in [7, 11) is -4.01. The van der Waals surface area contributed by atoms with E-state index in [0.29, 0.717) is 37.4 Å². The number of carbonyl (C=O) groups excluding carboxylic acids is 1. The van der Waals surface area contributed by atoms with E-state index in [4.69, 9.17) is 0 Å². The smallest absolute Gasteiger partial charge is 0.337 e. The Morgan fingerprint density at radius 1 is 0.886 bits per heavy atom. The van der Waals surface area contributed by atoms with Gasteiger partial charge in [0, 0.05) is 43.1 Å². The molecule has 0 spiro atoms. The summed E-state index contributed by atoms with van der Waals surface area (Å²) >= 11 is 0. The van der Waals surface area contributed by atoms with Crippen LogP contribution in [0.2, 0.25) is 0 Å². The molecule has 2 N–H and O–H groups in total. The van der Waals surface area contributed by atoms with E-state index >= 15 is 0 Å². The van der Waals surface area contributed by atoms with Crippen LogP contribution in [0.3, 0.4) is 0 Å². The number of ketones is 1. The van der Waals surface area contributed by atoms with Gasteiger partial charge in [-0.2, -0.15) is 0 Å². The van der Waals surface area contributed by atoms with E-state index in [1.165, 1.54) is 19.1 Å². The minimum Gasteiger partial charge on any atom is -0.478 e. The Kier molecular flexibility index (Phi) is 6.74. The third-order valence-electron chi connectivity index (χ3n) is 5.86. The number of piperazine rings is 1. The van der Waals surface area contributed by atoms with Crippen molar-refractivity contribution < 1.29 is 27.5 Å². The lowest BCUT2D eigenvalue weighted by molar-refractivity contribution is 0.0697. The number of aromatic carboxylic acids is 1. The van der Waals surface area contributed by atoms with Crippen molar-refractivity contribution >= 4 is 38.8 Å². The molecule has 0 aromatic heterocycles. The normalized spacial score (nSPS) is 14.0. The number of carboxylic acid groups (broad SMARTS) is 1. The molecule has 0 bridgehead atoms. The van der Waals surface area contributed by atoms with Crippen LogP contribution in [0.15, 0.2) is 71.6 Å². The van der Waals surface area contributed by atoms with Gasteiger partial charge in [0.25, 0.3) is 10.0 Å². The van der Waals surface area contributed by atoms with Crippen molar-refractivity contribution in [2.75, 3.05) is 40.7 Å². The second kappa shape index (κ2) is 9.75. The fourth-order valence-electron chi connectivity index (χ4n) is 3.99. The average molecular weight is 498 g/mol. The molecule has 4 rings (SSSR count). The van der Waals surface area contributed by atoms with E-state index in [2.05, 4.69) is 9.62 Å². The van der Waals surface area contributed by atoms with Crippen LogP contribution in [-0.4, -0.2) is 51.5 Å². The number of halogens is 1. The number of Topliss-reactive ketones (excluding diaryl/α,β-unsaturated/α-hetero) is 1. The quantitative estimate of drug-likeness (QED) is 0.478. The Labute approximate surface area is 202 Å². The van der Waals surface area contributed by atoms with Gasteiger partial charge in [-0.25, -0.2) is 17.6 Å². The number of nitrogens with zero attached hydrogens (tertiary/aromatic N) is 2. The van der Waals surface area contributed by atoms with Gasteiger partial charge in [-0.05, 0) is 73.7 Å². The van der Waals surface area contributed by atoms with Gasteiger partial charge in [-0.15, -0.1) is 0 Å². The summed E-state index contributed by atoms with van der Waals surface area (Å²) in [6.45, 7) is 3.95. The molecule has 0 aliphatic carbocycles. The first-order chi connectivity index (χ1) is 16.6. The molecule has 1 fully saturated rings. The number of benzene rings is 3. The highest BCUT2D eigenvalue weighted by Gasteiger charge is 2.23. The van der Waals surface area contributed by atoms with Crippen LogP contribution < -0.4 is 14.5 Å². The SMILES string of the molecule is CC(=O)c1ccc(N2CCN(c3ccc(NS(=O)(=O)c4ccc(F)cc4)cc3C(=O)O)CC2)cc1. The molecule has 0 amide bonds. The molecule has 0 atom stereocenters. The van der Waals surface area contributed by atoms with Crippen molar-refractivity contribution in [1.29, 1.82) is 0 Å². The molecule has 3 aromatic rings. The van der Waals surface area contributed by atoms with E-state index in [-0.39, 0.29) is 21.9 Å². The highest BCUT2D eigenvalue weighted by Crippen LogP contribution is 2.28. The van der Waals surface area contributed by atoms with Crippen molar-refractivity contribution in [3.05, 3.63) is 83.7 Å². The topological polar surface area (TPSA) is 107 Å². The number of sulfonamides is 1. The maximum absolute atomic E-state index is 13.1. The van der Waals surface area contributed by atoms with Crippen LogP contribution in [-0.2, 0) is 10.0 Å². The summed E-state index contributed by atoms with van der Waals surface area (Å²) in [5.41, 5.74) is 2.20. The minimum atomic E-state index is -4.01. The van der Waals surface area contributed by atoms with Crippen molar-refractivity contribution in [2.45, 2.75) is 11.8 Å². The molecule has 1 heterocycles. The van der Waals surface area contributed by atoms with Gasteiger partial charge in [-0.1, -0.05) is 0 Å². The molecule has 35 heavy (non-hydrogen) atoms. The number of carboxylic acids is 1. The maximum atomic E-state index is 13.1.